The van der Waals surface area contributed by atoms with Crippen LogP contribution in [0.25, 0.3) is 10.9 Å². The number of hydrogen-bond donors (Lipinski definition) is 2. The summed E-state index contributed by atoms with van der Waals surface area (Å²) in [4.78, 5) is 0. The number of H-pyrrole nitrogens is 1. The summed E-state index contributed by atoms with van der Waals surface area (Å²) in [5.74, 6) is 0.445. The van der Waals surface area contributed by atoms with Gasteiger partial charge in [0.05, 0.1) is 5.52 Å². The Bertz CT molecular complexity index is 390. The largest absolute Gasteiger partial charge is 0.276 e. The molecule has 0 aliphatic carbocycles. The van der Waals surface area contributed by atoms with Crippen LogP contribution in [-0.2, 0) is 0 Å². The van der Waals surface area contributed by atoms with Crippen LogP contribution in [0.4, 0.5) is 5.82 Å². The van der Waals surface area contributed by atoms with Gasteiger partial charge in [0, 0.05) is 5.39 Å². The maximum absolute atomic E-state index is 6.78. The molecule has 0 saturated heterocycles. The summed E-state index contributed by atoms with van der Waals surface area (Å²) < 4.78 is 0. The average molecular weight is 146 g/mol. The summed E-state index contributed by atoms with van der Waals surface area (Å²) in [6.07, 6.45) is 0. The van der Waals surface area contributed by atoms with Crippen LogP contribution in [0.3, 0.4) is 0 Å². The first kappa shape index (κ1) is 6.03. The second-order valence-electron chi connectivity index (χ2n) is 2.20. The number of nitrogens with zero attached hydrogens (tertiary/aromatic N) is 2. The average Bonchev–Trinajstić information content (AvgIpc) is 2.47. The first-order valence-electron chi connectivity index (χ1n) is 3.22. The van der Waals surface area contributed by atoms with E-state index in [4.69, 9.17) is 5.53 Å². The topological polar surface area (TPSA) is 64.9 Å². The van der Waals surface area contributed by atoms with Gasteiger partial charge in [0.15, 0.2) is 0 Å². The third kappa shape index (κ3) is 0.797. The van der Waals surface area contributed by atoms with Crippen LogP contribution in [0.2, 0.25) is 0 Å². The van der Waals surface area contributed by atoms with Gasteiger partial charge in [-0.15, -0.1) is 5.11 Å². The van der Waals surface area contributed by atoms with E-state index in [2.05, 4.69) is 15.3 Å². The predicted molar refractivity (Wildman–Crippen MR) is 40.9 cm³/mol. The van der Waals surface area contributed by atoms with Crippen LogP contribution in [0.1, 0.15) is 0 Å². The zero-order valence-corrected chi connectivity index (χ0v) is 5.70. The molecular weight excluding hydrogens is 140 g/mol. The van der Waals surface area contributed by atoms with Gasteiger partial charge in [0.2, 0.25) is 5.82 Å². The summed E-state index contributed by atoms with van der Waals surface area (Å²) >= 11 is 0. The van der Waals surface area contributed by atoms with Crippen molar-refractivity contribution in [2.24, 2.45) is 5.11 Å². The molecule has 0 amide bonds. The summed E-state index contributed by atoms with van der Waals surface area (Å²) in [5, 5.41) is 10.8. The van der Waals surface area contributed by atoms with E-state index in [1.165, 1.54) is 0 Å². The zero-order valence-electron chi connectivity index (χ0n) is 5.70. The molecule has 11 heavy (non-hydrogen) atoms. The number of rotatable bonds is 1. The Hall–Kier alpha value is -1.71. The van der Waals surface area contributed by atoms with Gasteiger partial charge in [-0.2, -0.15) is 5.10 Å². The summed E-state index contributed by atoms with van der Waals surface area (Å²) in [6, 6.07) is 7.59. The SMILES string of the molecule is N=Nc1n[nH]c2ccccc12. The van der Waals surface area contributed by atoms with Crippen LogP contribution in [-0.4, -0.2) is 10.2 Å². The van der Waals surface area contributed by atoms with Crippen LogP contribution in [0.5, 0.6) is 0 Å². The fraction of sp³-hybridized carbons (Fsp3) is 0. The maximum Gasteiger partial charge on any atom is 0.202 e. The quantitative estimate of drug-likeness (QED) is 0.595. The van der Waals surface area contributed by atoms with E-state index in [0.717, 1.165) is 10.9 Å². The smallest absolute Gasteiger partial charge is 0.202 e. The standard InChI is InChI=1S/C7H6N4/c8-9-7-5-3-1-2-4-6(5)10-11-7/h1-4,8H,(H,10,11). The highest BCUT2D eigenvalue weighted by Gasteiger charge is 2.00. The maximum atomic E-state index is 6.78. The lowest BCUT2D eigenvalue weighted by Gasteiger charge is -1.84. The third-order valence-corrected chi connectivity index (χ3v) is 1.56. The van der Waals surface area contributed by atoms with Gasteiger partial charge >= 0.3 is 0 Å². The Morgan fingerprint density at radius 1 is 1.36 bits per heavy atom. The van der Waals surface area contributed by atoms with E-state index in [0.29, 0.717) is 5.82 Å². The molecule has 0 aliphatic rings. The molecule has 0 saturated carbocycles. The summed E-state index contributed by atoms with van der Waals surface area (Å²) in [7, 11) is 0. The number of benzene rings is 1. The minimum atomic E-state index is 0.445. The van der Waals surface area contributed by atoms with Crippen molar-refractivity contribution in [3.8, 4) is 0 Å². The monoisotopic (exact) mass is 146 g/mol. The van der Waals surface area contributed by atoms with Crippen molar-refractivity contribution in [3.05, 3.63) is 24.3 Å². The van der Waals surface area contributed by atoms with E-state index in [1.54, 1.807) is 0 Å². The highest BCUT2D eigenvalue weighted by atomic mass is 15.2. The highest BCUT2D eigenvalue weighted by molar-refractivity contribution is 5.87. The number of nitrogens with one attached hydrogen (secondary N) is 2. The van der Waals surface area contributed by atoms with Crippen molar-refractivity contribution in [1.82, 2.24) is 10.2 Å². The van der Waals surface area contributed by atoms with E-state index in [1.807, 2.05) is 24.3 Å². The molecule has 2 aromatic rings. The molecule has 0 fully saturated rings. The lowest BCUT2D eigenvalue weighted by atomic mass is 10.2. The Balaban J connectivity index is 2.86. The zero-order chi connectivity index (χ0) is 7.68. The first-order chi connectivity index (χ1) is 5.42. The van der Waals surface area contributed by atoms with Gasteiger partial charge in [0.25, 0.3) is 0 Å². The van der Waals surface area contributed by atoms with Gasteiger partial charge in [-0.1, -0.05) is 12.1 Å². The van der Waals surface area contributed by atoms with Crippen LogP contribution < -0.4 is 0 Å². The molecule has 0 atom stereocenters. The molecule has 1 aromatic heterocycles. The third-order valence-electron chi connectivity index (χ3n) is 1.56. The van der Waals surface area contributed by atoms with Crippen LogP contribution in [0, 0.1) is 5.53 Å². The van der Waals surface area contributed by atoms with Crippen molar-refractivity contribution in [1.29, 1.82) is 5.53 Å². The van der Waals surface area contributed by atoms with Crippen LogP contribution >= 0.6 is 0 Å². The molecule has 2 N–H and O–H groups in total. The fourth-order valence-electron chi connectivity index (χ4n) is 1.03. The highest BCUT2D eigenvalue weighted by Crippen LogP contribution is 2.21. The van der Waals surface area contributed by atoms with E-state index in [-0.39, 0.29) is 0 Å². The molecule has 0 bridgehead atoms. The number of aromatic amines is 1. The van der Waals surface area contributed by atoms with Crippen molar-refractivity contribution >= 4 is 16.7 Å². The molecule has 4 heteroatoms. The Morgan fingerprint density at radius 3 is 3.00 bits per heavy atom. The molecule has 2 rings (SSSR count). The molecule has 1 aromatic carbocycles. The molecule has 1 heterocycles. The van der Waals surface area contributed by atoms with Gasteiger partial charge < -0.3 is 0 Å². The predicted octanol–water partition coefficient (Wildman–Crippen LogP) is 2.23. The molecule has 0 aliphatic heterocycles. The second kappa shape index (κ2) is 2.16. The fourth-order valence-corrected chi connectivity index (χ4v) is 1.03. The van der Waals surface area contributed by atoms with Crippen molar-refractivity contribution in [3.63, 3.8) is 0 Å². The van der Waals surface area contributed by atoms with Gasteiger partial charge in [-0.25, -0.2) is 5.53 Å². The van der Waals surface area contributed by atoms with Crippen molar-refractivity contribution < 1.29 is 0 Å². The Morgan fingerprint density at radius 2 is 2.18 bits per heavy atom. The van der Waals surface area contributed by atoms with Crippen LogP contribution in [0.15, 0.2) is 29.4 Å². The lowest BCUT2D eigenvalue weighted by Crippen LogP contribution is -1.63. The van der Waals surface area contributed by atoms with Gasteiger partial charge in [-0.05, 0) is 12.1 Å². The molecule has 4 nitrogen and oxygen atoms in total. The number of fused-ring (bicyclic) bond motifs is 1. The van der Waals surface area contributed by atoms with Gasteiger partial charge in [-0.3, -0.25) is 5.10 Å². The summed E-state index contributed by atoms with van der Waals surface area (Å²) in [5.41, 5.74) is 7.70. The van der Waals surface area contributed by atoms with E-state index < -0.39 is 0 Å². The molecule has 0 unspecified atom stereocenters. The molecule has 0 radical (unpaired) electrons. The summed E-state index contributed by atoms with van der Waals surface area (Å²) in [6.45, 7) is 0. The number of hydrogen-bond acceptors (Lipinski definition) is 3. The Kier molecular flexibility index (Phi) is 1.18. The number of para-hydroxylation sites is 1. The Labute approximate surface area is 62.7 Å². The second-order valence-corrected chi connectivity index (χ2v) is 2.20. The first-order valence-corrected chi connectivity index (χ1v) is 3.22. The van der Waals surface area contributed by atoms with E-state index in [9.17, 15) is 0 Å². The normalized spacial score (nSPS) is 10.2. The molecule has 54 valence electrons. The minimum Gasteiger partial charge on any atom is -0.276 e. The van der Waals surface area contributed by atoms with Crippen molar-refractivity contribution in [2.75, 3.05) is 0 Å². The van der Waals surface area contributed by atoms with Crippen molar-refractivity contribution in [2.45, 2.75) is 0 Å². The minimum absolute atomic E-state index is 0.445. The molecular formula is C7H6N4. The lowest BCUT2D eigenvalue weighted by molar-refractivity contribution is 1.04. The van der Waals surface area contributed by atoms with E-state index >= 15 is 0 Å². The number of aromatic nitrogens is 2. The van der Waals surface area contributed by atoms with Gasteiger partial charge in [0.1, 0.15) is 0 Å². The molecule has 0 spiro atoms.